The van der Waals surface area contributed by atoms with Gasteiger partial charge in [-0.1, -0.05) is 30.0 Å². The number of anilines is 3. The van der Waals surface area contributed by atoms with Crippen molar-refractivity contribution in [3.8, 4) is 11.8 Å². The molecule has 0 aliphatic carbocycles. The fourth-order valence-corrected chi connectivity index (χ4v) is 4.90. The van der Waals surface area contributed by atoms with Gasteiger partial charge in [-0.25, -0.2) is 9.97 Å². The summed E-state index contributed by atoms with van der Waals surface area (Å²) >= 11 is 0. The van der Waals surface area contributed by atoms with Crippen molar-refractivity contribution in [2.75, 3.05) is 57.6 Å². The molecule has 0 bridgehead atoms. The van der Waals surface area contributed by atoms with Crippen molar-refractivity contribution in [1.82, 2.24) is 29.5 Å². The van der Waals surface area contributed by atoms with Crippen LogP contribution in [0.4, 0.5) is 17.3 Å². The SMILES string of the molecule is COCCCn1cc(Nc2ncc(C#Cc3cc(C(=O)Nc4ccc(CN5CCN(C)CC5)cc4)ccc3C)cn2)c(C)n1. The van der Waals surface area contributed by atoms with E-state index in [0.29, 0.717) is 23.7 Å². The van der Waals surface area contributed by atoms with Crippen LogP contribution in [0.25, 0.3) is 0 Å². The number of nitrogens with zero attached hydrogens (tertiary/aromatic N) is 6. The summed E-state index contributed by atoms with van der Waals surface area (Å²) in [5.41, 5.74) is 6.72. The molecule has 0 unspecified atom stereocenters. The first-order chi connectivity index (χ1) is 21.4. The molecule has 10 nitrogen and oxygen atoms in total. The van der Waals surface area contributed by atoms with E-state index in [1.807, 2.05) is 55.1 Å². The first-order valence-corrected chi connectivity index (χ1v) is 14.9. The van der Waals surface area contributed by atoms with Gasteiger partial charge in [-0.15, -0.1) is 0 Å². The predicted octanol–water partition coefficient (Wildman–Crippen LogP) is 4.47. The molecule has 2 N–H and O–H groups in total. The molecule has 44 heavy (non-hydrogen) atoms. The quantitative estimate of drug-likeness (QED) is 0.206. The second-order valence-electron chi connectivity index (χ2n) is 11.2. The Morgan fingerprint density at radius 2 is 1.75 bits per heavy atom. The summed E-state index contributed by atoms with van der Waals surface area (Å²) in [5.74, 6) is 6.61. The van der Waals surface area contributed by atoms with Crippen molar-refractivity contribution in [2.45, 2.75) is 33.4 Å². The lowest BCUT2D eigenvalue weighted by Gasteiger charge is -2.32. The van der Waals surface area contributed by atoms with Gasteiger partial charge < -0.3 is 20.3 Å². The van der Waals surface area contributed by atoms with Crippen LogP contribution >= 0.6 is 0 Å². The van der Waals surface area contributed by atoms with Crippen molar-refractivity contribution in [3.05, 3.63) is 94.6 Å². The average molecular weight is 593 g/mol. The third-order valence-electron chi connectivity index (χ3n) is 7.64. The Bertz CT molecular complexity index is 1610. The van der Waals surface area contributed by atoms with Gasteiger partial charge in [0.05, 0.1) is 16.9 Å². The van der Waals surface area contributed by atoms with Crippen LogP contribution in [0.15, 0.2) is 61.1 Å². The predicted molar refractivity (Wildman–Crippen MR) is 173 cm³/mol. The van der Waals surface area contributed by atoms with Crippen molar-refractivity contribution in [1.29, 1.82) is 0 Å². The zero-order valence-corrected chi connectivity index (χ0v) is 25.9. The Labute approximate surface area is 259 Å². The fraction of sp³-hybridized carbons (Fsp3) is 0.353. The minimum Gasteiger partial charge on any atom is -0.385 e. The van der Waals surface area contributed by atoms with Crippen LogP contribution in [0, 0.1) is 25.7 Å². The molecule has 1 fully saturated rings. The number of piperazine rings is 1. The average Bonchev–Trinajstić information content (AvgIpc) is 3.37. The van der Waals surface area contributed by atoms with Crippen molar-refractivity contribution in [2.24, 2.45) is 0 Å². The van der Waals surface area contributed by atoms with E-state index >= 15 is 0 Å². The molecule has 2 aromatic heterocycles. The van der Waals surface area contributed by atoms with E-state index < -0.39 is 0 Å². The number of carbonyl (C=O) groups excluding carboxylic acids is 1. The van der Waals surface area contributed by atoms with E-state index in [4.69, 9.17) is 4.74 Å². The summed E-state index contributed by atoms with van der Waals surface area (Å²) in [6.45, 7) is 10.7. The Kier molecular flexibility index (Phi) is 10.4. The summed E-state index contributed by atoms with van der Waals surface area (Å²) in [5, 5.41) is 10.8. The number of hydrogen-bond acceptors (Lipinski definition) is 8. The van der Waals surface area contributed by atoms with Gasteiger partial charge in [-0.2, -0.15) is 5.10 Å². The molecule has 1 aliphatic heterocycles. The minimum atomic E-state index is -0.170. The number of rotatable bonds is 10. The van der Waals surface area contributed by atoms with E-state index in [2.05, 4.69) is 66.5 Å². The molecule has 10 heteroatoms. The molecular weight excluding hydrogens is 552 g/mol. The Hall–Kier alpha value is -4.56. The summed E-state index contributed by atoms with van der Waals surface area (Å²) in [7, 11) is 3.86. The van der Waals surface area contributed by atoms with Crippen LogP contribution in [0.1, 0.15) is 44.7 Å². The van der Waals surface area contributed by atoms with Crippen LogP contribution < -0.4 is 10.6 Å². The molecule has 3 heterocycles. The number of likely N-dealkylation sites (N-methyl/N-ethyl adjacent to an activating group) is 1. The maximum Gasteiger partial charge on any atom is 0.255 e. The van der Waals surface area contributed by atoms with Crippen LogP contribution in [0.3, 0.4) is 0 Å². The van der Waals surface area contributed by atoms with E-state index in [9.17, 15) is 4.79 Å². The lowest BCUT2D eigenvalue weighted by atomic mass is 10.0. The number of aromatic nitrogens is 4. The van der Waals surface area contributed by atoms with Gasteiger partial charge in [0, 0.05) is 88.4 Å². The first kappa shape index (κ1) is 30.9. The van der Waals surface area contributed by atoms with Crippen LogP contribution in [-0.2, 0) is 17.8 Å². The second kappa shape index (κ2) is 14.8. The molecule has 228 valence electrons. The van der Waals surface area contributed by atoms with E-state index in [-0.39, 0.29) is 5.91 Å². The Balaban J connectivity index is 1.18. The zero-order valence-electron chi connectivity index (χ0n) is 25.9. The minimum absolute atomic E-state index is 0.170. The van der Waals surface area contributed by atoms with Gasteiger partial charge in [0.1, 0.15) is 0 Å². The standard InChI is InChI=1S/C34H40N8O2/c1-25-6-10-30(33(43)37-31-12-8-27(9-13-31)23-41-17-15-40(3)16-18-41)20-29(25)11-7-28-21-35-34(36-22-28)38-32-24-42(39-26(32)2)14-5-19-44-4/h6,8-10,12-13,20-22,24H,5,14-19,23H2,1-4H3,(H,37,43)(H,35,36,38). The number of hydrogen-bond donors (Lipinski definition) is 2. The molecule has 0 radical (unpaired) electrons. The molecule has 1 saturated heterocycles. The van der Waals surface area contributed by atoms with Gasteiger partial charge in [-0.05, 0) is 62.7 Å². The topological polar surface area (TPSA) is 100 Å². The van der Waals surface area contributed by atoms with Gasteiger partial charge in [0.15, 0.2) is 0 Å². The summed E-state index contributed by atoms with van der Waals surface area (Å²) in [6.07, 6.45) is 6.19. The lowest BCUT2D eigenvalue weighted by Crippen LogP contribution is -2.43. The highest BCUT2D eigenvalue weighted by Gasteiger charge is 2.14. The molecule has 2 aromatic carbocycles. The molecule has 5 rings (SSSR count). The number of methoxy groups -OCH3 is 1. The van der Waals surface area contributed by atoms with Gasteiger partial charge in [0.25, 0.3) is 5.91 Å². The number of ether oxygens (including phenoxy) is 1. The maximum atomic E-state index is 13.1. The summed E-state index contributed by atoms with van der Waals surface area (Å²) in [4.78, 5) is 26.7. The van der Waals surface area contributed by atoms with Gasteiger partial charge >= 0.3 is 0 Å². The third-order valence-corrected chi connectivity index (χ3v) is 7.64. The van der Waals surface area contributed by atoms with E-state index in [1.54, 1.807) is 19.5 Å². The highest BCUT2D eigenvalue weighted by Crippen LogP contribution is 2.18. The molecule has 1 amide bonds. The van der Waals surface area contributed by atoms with Gasteiger partial charge in [-0.3, -0.25) is 14.4 Å². The Morgan fingerprint density at radius 1 is 1.00 bits per heavy atom. The maximum absolute atomic E-state index is 13.1. The Morgan fingerprint density at radius 3 is 2.48 bits per heavy atom. The zero-order chi connectivity index (χ0) is 30.9. The second-order valence-corrected chi connectivity index (χ2v) is 11.2. The smallest absolute Gasteiger partial charge is 0.255 e. The monoisotopic (exact) mass is 592 g/mol. The normalized spacial score (nSPS) is 13.7. The van der Waals surface area contributed by atoms with Crippen LogP contribution in [0.5, 0.6) is 0 Å². The third kappa shape index (κ3) is 8.51. The number of nitrogens with one attached hydrogen (secondary N) is 2. The molecule has 4 aromatic rings. The number of aryl methyl sites for hydroxylation is 3. The van der Waals surface area contributed by atoms with Gasteiger partial charge in [0.2, 0.25) is 5.95 Å². The molecule has 0 atom stereocenters. The molecule has 0 spiro atoms. The van der Waals surface area contributed by atoms with E-state index in [0.717, 1.165) is 73.9 Å². The first-order valence-electron chi connectivity index (χ1n) is 14.9. The summed E-state index contributed by atoms with van der Waals surface area (Å²) in [6, 6.07) is 13.7. The molecular formula is C34H40N8O2. The number of amides is 1. The van der Waals surface area contributed by atoms with Crippen LogP contribution in [-0.4, -0.2) is 82.4 Å². The molecule has 0 saturated carbocycles. The summed E-state index contributed by atoms with van der Waals surface area (Å²) < 4.78 is 7.00. The molecule has 1 aliphatic rings. The number of benzene rings is 2. The van der Waals surface area contributed by atoms with Crippen LogP contribution in [0.2, 0.25) is 0 Å². The number of carbonyl (C=O) groups is 1. The highest BCUT2D eigenvalue weighted by molar-refractivity contribution is 6.04. The van der Waals surface area contributed by atoms with Crippen molar-refractivity contribution >= 4 is 23.2 Å². The van der Waals surface area contributed by atoms with Crippen molar-refractivity contribution < 1.29 is 9.53 Å². The van der Waals surface area contributed by atoms with E-state index in [1.165, 1.54) is 5.56 Å². The fourth-order valence-electron chi connectivity index (χ4n) is 4.90. The van der Waals surface area contributed by atoms with Crippen molar-refractivity contribution in [3.63, 3.8) is 0 Å². The largest absolute Gasteiger partial charge is 0.385 e. The highest BCUT2D eigenvalue weighted by atomic mass is 16.5. The lowest BCUT2D eigenvalue weighted by molar-refractivity contribution is 0.102.